The number of amides is 4. The number of rotatable bonds is 5. The Morgan fingerprint density at radius 1 is 1.10 bits per heavy atom. The second kappa shape index (κ2) is 8.76. The molecule has 2 aliphatic heterocycles. The molecule has 1 saturated heterocycles. The predicted octanol–water partition coefficient (Wildman–Crippen LogP) is 3.15. The van der Waals surface area contributed by atoms with Crippen LogP contribution in [0.25, 0.3) is 0 Å². The SMILES string of the molecule is CC(C)C(N)=NC(=O)N1CCC(C(C)CCN2C(=O)c3ccccc3C2=O)CC1. The standard InChI is InChI=1S/C22H30N4O3/c1-14(2)19(23)24-22(29)25-11-9-16(10-12-25)15(3)8-13-26-20(27)17-6-4-5-7-18(17)21(26)28/h4-7,14-16H,8-13H2,1-3H3,(H2,23,24,29). The number of carbonyl (C=O) groups is 3. The van der Waals surface area contributed by atoms with Crippen LogP contribution < -0.4 is 5.73 Å². The van der Waals surface area contributed by atoms with Crippen LogP contribution in [0.3, 0.4) is 0 Å². The molecule has 29 heavy (non-hydrogen) atoms. The number of fused-ring (bicyclic) bond motifs is 1. The van der Waals surface area contributed by atoms with E-state index in [1.165, 1.54) is 4.90 Å². The number of likely N-dealkylation sites (tertiary alicyclic amines) is 1. The van der Waals surface area contributed by atoms with E-state index in [0.717, 1.165) is 19.3 Å². The maximum atomic E-state index is 12.5. The number of nitrogens with zero attached hydrogens (tertiary/aromatic N) is 3. The van der Waals surface area contributed by atoms with E-state index < -0.39 is 0 Å². The van der Waals surface area contributed by atoms with Crippen LogP contribution in [0, 0.1) is 17.8 Å². The lowest BCUT2D eigenvalue weighted by Crippen LogP contribution is -2.40. The van der Waals surface area contributed by atoms with Crippen LogP contribution in [0.4, 0.5) is 4.79 Å². The average Bonchev–Trinajstić information content (AvgIpc) is 2.96. The molecule has 3 rings (SSSR count). The first-order valence-electron chi connectivity index (χ1n) is 10.4. The zero-order valence-electron chi connectivity index (χ0n) is 17.4. The van der Waals surface area contributed by atoms with Gasteiger partial charge in [0.1, 0.15) is 5.84 Å². The Morgan fingerprint density at radius 3 is 2.17 bits per heavy atom. The Labute approximate surface area is 171 Å². The molecule has 7 heteroatoms. The van der Waals surface area contributed by atoms with Crippen molar-refractivity contribution in [1.29, 1.82) is 0 Å². The van der Waals surface area contributed by atoms with Crippen LogP contribution in [0.15, 0.2) is 29.3 Å². The van der Waals surface area contributed by atoms with Gasteiger partial charge >= 0.3 is 6.03 Å². The molecule has 1 unspecified atom stereocenters. The summed E-state index contributed by atoms with van der Waals surface area (Å²) in [6, 6.07) is 6.72. The lowest BCUT2D eigenvalue weighted by atomic mass is 9.83. The molecule has 2 aliphatic rings. The van der Waals surface area contributed by atoms with E-state index in [0.29, 0.717) is 48.4 Å². The second-order valence-electron chi connectivity index (χ2n) is 8.37. The van der Waals surface area contributed by atoms with E-state index >= 15 is 0 Å². The fourth-order valence-corrected chi connectivity index (χ4v) is 3.98. The van der Waals surface area contributed by atoms with Gasteiger partial charge in [0.2, 0.25) is 0 Å². The van der Waals surface area contributed by atoms with Gasteiger partial charge in [-0.2, -0.15) is 4.99 Å². The highest BCUT2D eigenvalue weighted by Crippen LogP contribution is 2.29. The van der Waals surface area contributed by atoms with E-state index in [4.69, 9.17) is 5.73 Å². The fraction of sp³-hybridized carbons (Fsp3) is 0.545. The number of aliphatic imine (C=N–C) groups is 1. The Kier molecular flexibility index (Phi) is 6.35. The quantitative estimate of drug-likeness (QED) is 0.468. The maximum Gasteiger partial charge on any atom is 0.345 e. The molecule has 1 aromatic carbocycles. The zero-order chi connectivity index (χ0) is 21.1. The first-order valence-corrected chi connectivity index (χ1v) is 10.4. The van der Waals surface area contributed by atoms with Crippen molar-refractivity contribution in [2.75, 3.05) is 19.6 Å². The normalized spacial score (nSPS) is 19.1. The monoisotopic (exact) mass is 398 g/mol. The number of carbonyl (C=O) groups excluding carboxylic acids is 3. The fourth-order valence-electron chi connectivity index (χ4n) is 3.98. The number of imide groups is 1. The van der Waals surface area contributed by atoms with Gasteiger partial charge in [-0.15, -0.1) is 0 Å². The first kappa shape index (κ1) is 21.0. The number of amidine groups is 1. The molecule has 2 N–H and O–H groups in total. The van der Waals surface area contributed by atoms with Gasteiger partial charge in [-0.1, -0.05) is 32.9 Å². The van der Waals surface area contributed by atoms with Crippen LogP contribution in [0.2, 0.25) is 0 Å². The third kappa shape index (κ3) is 4.49. The molecular weight excluding hydrogens is 368 g/mol. The van der Waals surface area contributed by atoms with Crippen molar-refractivity contribution in [3.05, 3.63) is 35.4 Å². The van der Waals surface area contributed by atoms with Crippen molar-refractivity contribution < 1.29 is 14.4 Å². The minimum Gasteiger partial charge on any atom is -0.387 e. The van der Waals surface area contributed by atoms with Crippen molar-refractivity contribution in [2.45, 2.75) is 40.0 Å². The Hall–Kier alpha value is -2.70. The molecule has 1 aromatic rings. The predicted molar refractivity (Wildman–Crippen MR) is 112 cm³/mol. The number of hydrogen-bond acceptors (Lipinski definition) is 3. The lowest BCUT2D eigenvalue weighted by molar-refractivity contribution is 0.0635. The average molecular weight is 399 g/mol. The van der Waals surface area contributed by atoms with E-state index in [2.05, 4.69) is 11.9 Å². The summed E-state index contributed by atoms with van der Waals surface area (Å²) in [5, 5.41) is 0. The number of benzene rings is 1. The summed E-state index contributed by atoms with van der Waals surface area (Å²) in [6.07, 6.45) is 2.56. The Bertz CT molecular complexity index is 790. The molecule has 0 aromatic heterocycles. The largest absolute Gasteiger partial charge is 0.387 e. The van der Waals surface area contributed by atoms with Gasteiger partial charge in [-0.05, 0) is 43.2 Å². The van der Waals surface area contributed by atoms with E-state index in [1.807, 2.05) is 13.8 Å². The summed E-state index contributed by atoms with van der Waals surface area (Å²) in [7, 11) is 0. The Morgan fingerprint density at radius 2 is 1.66 bits per heavy atom. The van der Waals surface area contributed by atoms with Gasteiger partial charge < -0.3 is 10.6 Å². The molecule has 0 aliphatic carbocycles. The maximum absolute atomic E-state index is 12.5. The third-order valence-corrected chi connectivity index (χ3v) is 6.12. The third-order valence-electron chi connectivity index (χ3n) is 6.12. The molecule has 0 radical (unpaired) electrons. The van der Waals surface area contributed by atoms with Crippen molar-refractivity contribution in [3.8, 4) is 0 Å². The highest BCUT2D eigenvalue weighted by Gasteiger charge is 2.35. The number of piperidine rings is 1. The lowest BCUT2D eigenvalue weighted by Gasteiger charge is -2.34. The van der Waals surface area contributed by atoms with Crippen LogP contribution >= 0.6 is 0 Å². The minimum atomic E-state index is -0.256. The van der Waals surface area contributed by atoms with E-state index in [9.17, 15) is 14.4 Å². The van der Waals surface area contributed by atoms with E-state index in [-0.39, 0.29) is 23.8 Å². The first-order chi connectivity index (χ1) is 13.8. The summed E-state index contributed by atoms with van der Waals surface area (Å²) in [5.74, 6) is 0.851. The number of urea groups is 1. The molecule has 0 saturated carbocycles. The van der Waals surface area contributed by atoms with Gasteiger partial charge in [0, 0.05) is 25.6 Å². The van der Waals surface area contributed by atoms with Gasteiger partial charge in [-0.25, -0.2) is 4.79 Å². The van der Waals surface area contributed by atoms with Crippen LogP contribution in [0.5, 0.6) is 0 Å². The van der Waals surface area contributed by atoms with Gasteiger partial charge in [0.15, 0.2) is 0 Å². The molecular formula is C22H30N4O3. The van der Waals surface area contributed by atoms with Gasteiger partial charge in [0.25, 0.3) is 11.8 Å². The summed E-state index contributed by atoms with van der Waals surface area (Å²) in [5.41, 5.74) is 6.79. The molecule has 4 amide bonds. The van der Waals surface area contributed by atoms with Crippen molar-refractivity contribution >= 4 is 23.7 Å². The Balaban J connectivity index is 1.49. The van der Waals surface area contributed by atoms with Crippen LogP contribution in [-0.4, -0.2) is 53.1 Å². The molecule has 1 fully saturated rings. The zero-order valence-corrected chi connectivity index (χ0v) is 17.4. The topological polar surface area (TPSA) is 96.1 Å². The second-order valence-corrected chi connectivity index (χ2v) is 8.37. The molecule has 7 nitrogen and oxygen atoms in total. The van der Waals surface area contributed by atoms with Gasteiger partial charge in [-0.3, -0.25) is 14.5 Å². The van der Waals surface area contributed by atoms with Crippen molar-refractivity contribution in [1.82, 2.24) is 9.80 Å². The van der Waals surface area contributed by atoms with Crippen LogP contribution in [0.1, 0.15) is 60.7 Å². The summed E-state index contributed by atoms with van der Waals surface area (Å²) in [6.45, 7) is 7.74. The highest BCUT2D eigenvalue weighted by atomic mass is 16.2. The molecule has 1 atom stereocenters. The minimum absolute atomic E-state index is 0.0543. The summed E-state index contributed by atoms with van der Waals surface area (Å²) >= 11 is 0. The van der Waals surface area contributed by atoms with Crippen LogP contribution in [-0.2, 0) is 0 Å². The molecule has 2 heterocycles. The molecule has 156 valence electrons. The summed E-state index contributed by atoms with van der Waals surface area (Å²) < 4.78 is 0. The molecule has 0 spiro atoms. The van der Waals surface area contributed by atoms with Crippen molar-refractivity contribution in [3.63, 3.8) is 0 Å². The van der Waals surface area contributed by atoms with Crippen molar-refractivity contribution in [2.24, 2.45) is 28.5 Å². The van der Waals surface area contributed by atoms with E-state index in [1.54, 1.807) is 29.2 Å². The molecule has 0 bridgehead atoms. The number of hydrogen-bond donors (Lipinski definition) is 1. The summed E-state index contributed by atoms with van der Waals surface area (Å²) in [4.78, 5) is 44.3. The smallest absolute Gasteiger partial charge is 0.345 e. The highest BCUT2D eigenvalue weighted by molar-refractivity contribution is 6.21. The number of nitrogens with two attached hydrogens (primary N) is 1. The van der Waals surface area contributed by atoms with Gasteiger partial charge in [0.05, 0.1) is 11.1 Å².